The first-order valence-corrected chi connectivity index (χ1v) is 26.1. The largest absolute Gasteiger partial charge is 0.416 e. The van der Waals surface area contributed by atoms with Crippen molar-refractivity contribution in [3.63, 3.8) is 0 Å². The third kappa shape index (κ3) is 7.61. The molecule has 0 atom stereocenters. The zero-order valence-corrected chi connectivity index (χ0v) is 42.5. The Kier molecular flexibility index (Phi) is 11.0. The summed E-state index contributed by atoms with van der Waals surface area (Å²) in [4.78, 5) is 0. The second kappa shape index (κ2) is 17.7. The van der Waals surface area contributed by atoms with Crippen molar-refractivity contribution in [2.45, 2.75) is 24.7 Å². The van der Waals surface area contributed by atoms with Gasteiger partial charge in [0, 0.05) is 58.9 Å². The lowest BCUT2D eigenvalue weighted by atomic mass is 9.87. The van der Waals surface area contributed by atoms with Crippen LogP contribution in [-0.4, -0.2) is 13.7 Å². The number of alkyl halides is 12. The Morgan fingerprint density at radius 3 is 1.10 bits per heavy atom. The van der Waals surface area contributed by atoms with Crippen LogP contribution in [0.5, 0.6) is 0 Å². The molecule has 0 aliphatic heterocycles. The molecule has 0 radical (unpaired) electrons. The molecule has 10 aromatic carbocycles. The number of para-hydroxylation sites is 1. The molecule has 0 unspecified atom stereocenters. The van der Waals surface area contributed by atoms with Gasteiger partial charge in [-0.2, -0.15) is 57.9 Å². The van der Waals surface area contributed by atoms with Crippen molar-refractivity contribution in [2.75, 3.05) is 0 Å². The van der Waals surface area contributed by atoms with E-state index in [4.69, 9.17) is 0 Å². The monoisotopic (exact) mass is 1130 g/mol. The number of hydrogen-bond donors (Lipinski definition) is 0. The van der Waals surface area contributed by atoms with E-state index in [0.29, 0.717) is 26.5 Å². The van der Waals surface area contributed by atoms with Crippen LogP contribution in [0, 0.1) is 11.3 Å². The van der Waals surface area contributed by atoms with Gasteiger partial charge in [-0.25, -0.2) is 0 Å². The summed E-state index contributed by atoms with van der Waals surface area (Å²) >= 11 is 1.37. The highest BCUT2D eigenvalue weighted by atomic mass is 32.1. The number of aromatic nitrogens is 3. The van der Waals surface area contributed by atoms with Crippen LogP contribution in [0.25, 0.3) is 125 Å². The molecule has 402 valence electrons. The molecular weight excluding hydrogens is 1100 g/mol. The quantitative estimate of drug-likeness (QED) is 0.158. The number of fused-ring (bicyclic) bond motifs is 13. The van der Waals surface area contributed by atoms with Crippen molar-refractivity contribution in [3.8, 4) is 45.4 Å². The van der Waals surface area contributed by atoms with Crippen molar-refractivity contribution in [1.29, 1.82) is 5.26 Å². The van der Waals surface area contributed by atoms with Crippen molar-refractivity contribution in [3.05, 3.63) is 222 Å². The van der Waals surface area contributed by atoms with E-state index in [-0.39, 0.29) is 88.5 Å². The van der Waals surface area contributed by atoms with Crippen molar-refractivity contribution < 1.29 is 52.7 Å². The average Bonchev–Trinajstić information content (AvgIpc) is 1.84. The van der Waals surface area contributed by atoms with Crippen molar-refractivity contribution >= 4 is 96.9 Å². The molecule has 0 aliphatic carbocycles. The number of benzene rings is 10. The third-order valence-electron chi connectivity index (χ3n) is 15.4. The molecule has 0 N–H and O–H groups in total. The normalized spacial score (nSPS) is 12.9. The van der Waals surface area contributed by atoms with Gasteiger partial charge in [0.05, 0.1) is 82.7 Å². The highest BCUT2D eigenvalue weighted by Crippen LogP contribution is 2.54. The molecule has 4 aromatic heterocycles. The number of hydrogen-bond acceptors (Lipinski definition) is 2. The van der Waals surface area contributed by atoms with Crippen LogP contribution in [0.1, 0.15) is 27.8 Å². The predicted octanol–water partition coefficient (Wildman–Crippen LogP) is 20.6. The number of rotatable bonds is 5. The van der Waals surface area contributed by atoms with Crippen LogP contribution in [0.3, 0.4) is 0 Å². The van der Waals surface area contributed by atoms with Gasteiger partial charge in [-0.1, -0.05) is 133 Å². The molecule has 17 heteroatoms. The Bertz CT molecular complexity index is 4690. The van der Waals surface area contributed by atoms with E-state index < -0.39 is 47.0 Å². The lowest BCUT2D eigenvalue weighted by Gasteiger charge is -2.29. The first-order chi connectivity index (χ1) is 39.2. The number of halogens is 12. The lowest BCUT2D eigenvalue weighted by Crippen LogP contribution is -2.15. The molecule has 0 saturated heterocycles. The van der Waals surface area contributed by atoms with Gasteiger partial charge in [-0.3, -0.25) is 0 Å². The molecule has 4 nitrogen and oxygen atoms in total. The first-order valence-electron chi connectivity index (χ1n) is 25.3. The molecule has 0 aliphatic rings. The fourth-order valence-corrected chi connectivity index (χ4v) is 13.2. The van der Waals surface area contributed by atoms with Gasteiger partial charge in [0.2, 0.25) is 0 Å². The molecule has 0 fully saturated rings. The SMILES string of the molecule is N#Cc1c(-c2ccccc2)c(-n2c3cc(C(F)(F)F)ccc3c3ccc(C(F)(F)F)cc32)c(-n2c3ccccc3c3ccc4c5ccccc5sc4c32)c(-n2c3cc(C(F)(F)F)ccc3c3ccc(C(F)(F)F)cc32)c1-c1ccccc1. The number of nitriles is 1. The van der Waals surface area contributed by atoms with Crippen LogP contribution in [-0.2, 0) is 24.7 Å². The summed E-state index contributed by atoms with van der Waals surface area (Å²) in [5, 5.41) is 15.0. The Balaban J connectivity index is 1.38. The smallest absolute Gasteiger partial charge is 0.306 e. The molecule has 0 bridgehead atoms. The second-order valence-corrected chi connectivity index (χ2v) is 20.9. The number of thiophene rings is 1. The van der Waals surface area contributed by atoms with E-state index in [0.717, 1.165) is 88.3 Å². The highest BCUT2D eigenvalue weighted by molar-refractivity contribution is 7.26. The van der Waals surface area contributed by atoms with Gasteiger partial charge < -0.3 is 13.7 Å². The fraction of sp³-hybridized carbons (Fsp3) is 0.0615. The fourth-order valence-electron chi connectivity index (χ4n) is 11.9. The molecular formula is C65H32F12N4S. The van der Waals surface area contributed by atoms with Gasteiger partial charge >= 0.3 is 24.7 Å². The molecule has 82 heavy (non-hydrogen) atoms. The summed E-state index contributed by atoms with van der Waals surface area (Å²) in [5.74, 6) is 0. The topological polar surface area (TPSA) is 38.6 Å². The first kappa shape index (κ1) is 50.7. The summed E-state index contributed by atoms with van der Waals surface area (Å²) in [5.41, 5.74) is -5.69. The Labute approximate surface area is 458 Å². The molecule has 0 saturated carbocycles. The van der Waals surface area contributed by atoms with Gasteiger partial charge in [-0.15, -0.1) is 11.3 Å². The minimum absolute atomic E-state index is 0.0449. The maximum Gasteiger partial charge on any atom is 0.416 e. The summed E-state index contributed by atoms with van der Waals surface area (Å²) < 4.78 is 190. The minimum Gasteiger partial charge on any atom is -0.306 e. The lowest BCUT2D eigenvalue weighted by molar-refractivity contribution is -0.138. The van der Waals surface area contributed by atoms with E-state index in [1.807, 2.05) is 42.5 Å². The Morgan fingerprint density at radius 1 is 0.329 bits per heavy atom. The average molecular weight is 1130 g/mol. The molecule has 0 spiro atoms. The number of nitrogens with zero attached hydrogens (tertiary/aromatic N) is 4. The van der Waals surface area contributed by atoms with Gasteiger partial charge in [-0.05, 0) is 71.8 Å². The van der Waals surface area contributed by atoms with Crippen molar-refractivity contribution in [2.24, 2.45) is 0 Å². The minimum atomic E-state index is -5.03. The van der Waals surface area contributed by atoms with E-state index in [1.54, 1.807) is 83.4 Å². The van der Waals surface area contributed by atoms with E-state index in [1.165, 1.54) is 20.5 Å². The standard InChI is InChI=1S/C65H32F12N4S/c66-62(67,68)36-19-23-41-42-24-20-37(63(69,70)71)30-51(42)79(50(41)29-36)58-55(34-11-3-1-4-12-34)48(33-78)56(35-13-5-2-6-14-35)59(80-52-31-38(64(72,73)74)21-25-43(52)44-26-22-39(32-53(44)80)65(75,76)77)60(58)81-49-17-9-7-15-40(49)46-27-28-47-45-16-8-10-18-54(45)82-61(47)57(46)81/h1-32H. The summed E-state index contributed by atoms with van der Waals surface area (Å²) in [6.07, 6.45) is -20.1. The Hall–Kier alpha value is -9.53. The van der Waals surface area contributed by atoms with Crippen LogP contribution in [0.4, 0.5) is 52.7 Å². The molecule has 4 heterocycles. The van der Waals surface area contributed by atoms with E-state index in [2.05, 4.69) is 6.07 Å². The van der Waals surface area contributed by atoms with Gasteiger partial charge in [0.1, 0.15) is 6.07 Å². The second-order valence-electron chi connectivity index (χ2n) is 19.9. The van der Waals surface area contributed by atoms with Crippen LogP contribution in [0.2, 0.25) is 0 Å². The maximum atomic E-state index is 15.3. The highest BCUT2D eigenvalue weighted by Gasteiger charge is 2.39. The van der Waals surface area contributed by atoms with Crippen LogP contribution < -0.4 is 0 Å². The predicted molar refractivity (Wildman–Crippen MR) is 298 cm³/mol. The molecule has 0 amide bonds. The van der Waals surface area contributed by atoms with E-state index in [9.17, 15) is 5.26 Å². The van der Waals surface area contributed by atoms with Crippen LogP contribution in [0.15, 0.2) is 194 Å². The zero-order valence-electron chi connectivity index (χ0n) is 41.7. The zero-order chi connectivity index (χ0) is 56.9. The molecule has 14 aromatic rings. The summed E-state index contributed by atoms with van der Waals surface area (Å²) in [7, 11) is 0. The van der Waals surface area contributed by atoms with Crippen LogP contribution >= 0.6 is 11.3 Å². The van der Waals surface area contributed by atoms with Gasteiger partial charge in [0.25, 0.3) is 0 Å². The van der Waals surface area contributed by atoms with Crippen molar-refractivity contribution in [1.82, 2.24) is 13.7 Å². The Morgan fingerprint density at radius 2 is 0.683 bits per heavy atom. The summed E-state index contributed by atoms with van der Waals surface area (Å²) in [6.45, 7) is 0. The molecule has 14 rings (SSSR count). The maximum absolute atomic E-state index is 15.3. The third-order valence-corrected chi connectivity index (χ3v) is 16.5. The summed E-state index contributed by atoms with van der Waals surface area (Å²) in [6, 6.07) is 47.8. The van der Waals surface area contributed by atoms with Gasteiger partial charge in [0.15, 0.2) is 0 Å². The van der Waals surface area contributed by atoms with E-state index >= 15 is 52.7 Å².